The molecule has 0 aromatic carbocycles. The summed E-state index contributed by atoms with van der Waals surface area (Å²) in [6, 6.07) is 0.620. The van der Waals surface area contributed by atoms with Crippen LogP contribution in [0.3, 0.4) is 0 Å². The molecule has 1 heteroatoms. The van der Waals surface area contributed by atoms with E-state index in [1.165, 1.54) is 31.3 Å². The fourth-order valence-corrected chi connectivity index (χ4v) is 2.10. The topological polar surface area (TPSA) is 12.0 Å². The Kier molecular flexibility index (Phi) is 8.64. The summed E-state index contributed by atoms with van der Waals surface area (Å²) in [5.74, 6) is 1.73. The van der Waals surface area contributed by atoms with Crippen molar-refractivity contribution in [1.29, 1.82) is 0 Å². The molecule has 16 heavy (non-hydrogen) atoms. The van der Waals surface area contributed by atoms with E-state index >= 15 is 0 Å². The van der Waals surface area contributed by atoms with E-state index in [0.717, 1.165) is 18.4 Å². The molecule has 1 N–H and O–H groups in total. The van der Waals surface area contributed by atoms with Crippen molar-refractivity contribution in [3.05, 3.63) is 12.2 Å². The van der Waals surface area contributed by atoms with Gasteiger partial charge in [-0.15, -0.1) is 0 Å². The second kappa shape index (κ2) is 8.81. The third kappa shape index (κ3) is 7.92. The molecular weight excluding hydrogens is 194 g/mol. The molecule has 0 aliphatic heterocycles. The second-order valence-corrected chi connectivity index (χ2v) is 5.61. The highest BCUT2D eigenvalue weighted by molar-refractivity contribution is 4.91. The van der Waals surface area contributed by atoms with Crippen molar-refractivity contribution in [3.63, 3.8) is 0 Å². The minimum absolute atomic E-state index is 0.620. The van der Waals surface area contributed by atoms with E-state index in [1.807, 2.05) is 0 Å². The van der Waals surface area contributed by atoms with E-state index in [4.69, 9.17) is 0 Å². The first-order valence-corrected chi connectivity index (χ1v) is 6.85. The van der Waals surface area contributed by atoms with Gasteiger partial charge >= 0.3 is 0 Å². The molecule has 0 bridgehead atoms. The van der Waals surface area contributed by atoms with E-state index in [1.54, 1.807) is 0 Å². The molecular formula is C15H31N. The quantitative estimate of drug-likeness (QED) is 0.574. The molecule has 96 valence electrons. The van der Waals surface area contributed by atoms with Crippen LogP contribution in [0, 0.1) is 11.8 Å². The zero-order valence-corrected chi connectivity index (χ0v) is 12.0. The molecule has 0 aliphatic rings. The van der Waals surface area contributed by atoms with E-state index in [2.05, 4.69) is 46.5 Å². The Labute approximate surface area is 103 Å². The molecule has 0 amide bonds. The summed E-state index contributed by atoms with van der Waals surface area (Å²) in [7, 11) is 0. The summed E-state index contributed by atoms with van der Waals surface area (Å²) in [6.07, 6.45) is 5.34. The van der Waals surface area contributed by atoms with Gasteiger partial charge < -0.3 is 5.32 Å². The fourth-order valence-electron chi connectivity index (χ4n) is 2.10. The molecule has 0 saturated carbocycles. The minimum Gasteiger partial charge on any atom is -0.311 e. The molecule has 0 heterocycles. The van der Waals surface area contributed by atoms with Gasteiger partial charge in [-0.25, -0.2) is 0 Å². The Hall–Kier alpha value is -0.300. The van der Waals surface area contributed by atoms with Crippen LogP contribution in [-0.2, 0) is 0 Å². The van der Waals surface area contributed by atoms with Crippen LogP contribution in [0.5, 0.6) is 0 Å². The van der Waals surface area contributed by atoms with Crippen LogP contribution in [0.4, 0.5) is 0 Å². The Balaban J connectivity index is 3.77. The van der Waals surface area contributed by atoms with Crippen molar-refractivity contribution in [3.8, 4) is 0 Å². The van der Waals surface area contributed by atoms with E-state index in [9.17, 15) is 0 Å². The highest BCUT2D eigenvalue weighted by Crippen LogP contribution is 2.23. The summed E-state index contributed by atoms with van der Waals surface area (Å²) < 4.78 is 0. The maximum atomic E-state index is 3.92. The van der Waals surface area contributed by atoms with Crippen LogP contribution in [0.15, 0.2) is 12.2 Å². The van der Waals surface area contributed by atoms with Crippen molar-refractivity contribution in [2.75, 3.05) is 6.54 Å². The Morgan fingerprint density at radius 2 is 1.75 bits per heavy atom. The van der Waals surface area contributed by atoms with Crippen LogP contribution in [0.1, 0.15) is 60.3 Å². The molecule has 2 atom stereocenters. The molecule has 0 rings (SSSR count). The summed E-state index contributed by atoms with van der Waals surface area (Å²) >= 11 is 0. The van der Waals surface area contributed by atoms with Gasteiger partial charge in [0, 0.05) is 12.6 Å². The third-order valence-corrected chi connectivity index (χ3v) is 3.33. The van der Waals surface area contributed by atoms with Crippen molar-refractivity contribution in [2.24, 2.45) is 11.8 Å². The van der Waals surface area contributed by atoms with Crippen LogP contribution in [-0.4, -0.2) is 12.6 Å². The molecule has 0 saturated heterocycles. The average Bonchev–Trinajstić information content (AvgIpc) is 2.20. The van der Waals surface area contributed by atoms with Crippen molar-refractivity contribution in [2.45, 2.75) is 66.3 Å². The van der Waals surface area contributed by atoms with Crippen LogP contribution in [0.2, 0.25) is 0 Å². The summed E-state index contributed by atoms with van der Waals surface area (Å²) in [4.78, 5) is 0. The third-order valence-electron chi connectivity index (χ3n) is 3.33. The molecule has 0 radical (unpaired) electrons. The lowest BCUT2D eigenvalue weighted by Crippen LogP contribution is -2.28. The largest absolute Gasteiger partial charge is 0.311 e. The lowest BCUT2D eigenvalue weighted by Gasteiger charge is -2.22. The van der Waals surface area contributed by atoms with Gasteiger partial charge in [-0.05, 0) is 38.5 Å². The number of rotatable bonds is 9. The van der Waals surface area contributed by atoms with Gasteiger partial charge in [-0.1, -0.05) is 45.8 Å². The number of nitrogens with one attached hydrogen (secondary N) is 1. The summed E-state index contributed by atoms with van der Waals surface area (Å²) in [5.41, 5.74) is 1.22. The Morgan fingerprint density at radius 1 is 1.12 bits per heavy atom. The fraction of sp³-hybridized carbons (Fsp3) is 0.867. The van der Waals surface area contributed by atoms with E-state index in [-0.39, 0.29) is 0 Å². The van der Waals surface area contributed by atoms with Gasteiger partial charge in [0.25, 0.3) is 0 Å². The van der Waals surface area contributed by atoms with Gasteiger partial charge in [0.05, 0.1) is 0 Å². The highest BCUT2D eigenvalue weighted by Gasteiger charge is 2.13. The standard InChI is InChI=1S/C15H31N/c1-7-8-15(13(4)5)10-9-14(6)16-11-12(2)3/h13-16H,2,7-11H2,1,3-6H3. The van der Waals surface area contributed by atoms with E-state index in [0.29, 0.717) is 6.04 Å². The van der Waals surface area contributed by atoms with Crippen LogP contribution < -0.4 is 5.32 Å². The lowest BCUT2D eigenvalue weighted by molar-refractivity contribution is 0.311. The van der Waals surface area contributed by atoms with Gasteiger partial charge in [-0.3, -0.25) is 0 Å². The number of hydrogen-bond acceptors (Lipinski definition) is 1. The van der Waals surface area contributed by atoms with Gasteiger partial charge in [0.15, 0.2) is 0 Å². The predicted octanol–water partition coefficient (Wildman–Crippen LogP) is 4.39. The maximum Gasteiger partial charge on any atom is 0.0161 e. The first-order valence-electron chi connectivity index (χ1n) is 6.85. The van der Waals surface area contributed by atoms with Crippen molar-refractivity contribution in [1.82, 2.24) is 5.32 Å². The minimum atomic E-state index is 0.620. The molecule has 2 unspecified atom stereocenters. The van der Waals surface area contributed by atoms with Crippen LogP contribution in [0.25, 0.3) is 0 Å². The van der Waals surface area contributed by atoms with Gasteiger partial charge in [-0.2, -0.15) is 0 Å². The second-order valence-electron chi connectivity index (χ2n) is 5.61. The van der Waals surface area contributed by atoms with Gasteiger partial charge in [0.1, 0.15) is 0 Å². The number of hydrogen-bond donors (Lipinski definition) is 1. The maximum absolute atomic E-state index is 3.92. The van der Waals surface area contributed by atoms with Crippen molar-refractivity contribution < 1.29 is 0 Å². The Bertz CT molecular complexity index is 184. The molecule has 0 fully saturated rings. The SMILES string of the molecule is C=C(C)CNC(C)CCC(CCC)C(C)C. The van der Waals surface area contributed by atoms with E-state index < -0.39 is 0 Å². The molecule has 0 aromatic rings. The van der Waals surface area contributed by atoms with Crippen molar-refractivity contribution >= 4 is 0 Å². The zero-order chi connectivity index (χ0) is 12.6. The first kappa shape index (κ1) is 15.7. The predicted molar refractivity (Wildman–Crippen MR) is 74.7 cm³/mol. The lowest BCUT2D eigenvalue weighted by atomic mass is 9.86. The smallest absolute Gasteiger partial charge is 0.0161 e. The normalized spacial score (nSPS) is 15.1. The molecule has 0 spiro atoms. The summed E-state index contributed by atoms with van der Waals surface area (Å²) in [6.45, 7) is 16.2. The Morgan fingerprint density at radius 3 is 2.19 bits per heavy atom. The highest BCUT2D eigenvalue weighted by atomic mass is 14.9. The van der Waals surface area contributed by atoms with Gasteiger partial charge in [0.2, 0.25) is 0 Å². The average molecular weight is 225 g/mol. The molecule has 1 nitrogen and oxygen atoms in total. The molecule has 0 aromatic heterocycles. The summed E-state index contributed by atoms with van der Waals surface area (Å²) in [5, 5.41) is 3.52. The first-order chi connectivity index (χ1) is 7.47. The zero-order valence-electron chi connectivity index (χ0n) is 12.0. The van der Waals surface area contributed by atoms with Crippen LogP contribution >= 0.6 is 0 Å². The molecule has 0 aliphatic carbocycles. The monoisotopic (exact) mass is 225 g/mol.